The first-order valence-corrected chi connectivity index (χ1v) is 14.0. The van der Waals surface area contributed by atoms with Crippen molar-refractivity contribution in [3.63, 3.8) is 0 Å². The molecular weight excluding hydrogens is 266 g/mol. The van der Waals surface area contributed by atoms with Gasteiger partial charge < -0.3 is 4.74 Å². The molecule has 0 heterocycles. The van der Waals surface area contributed by atoms with E-state index in [0.29, 0.717) is 13.0 Å². The van der Waals surface area contributed by atoms with E-state index in [-0.39, 0.29) is 5.97 Å². The van der Waals surface area contributed by atoms with Crippen LogP contribution in [0.5, 0.6) is 0 Å². The van der Waals surface area contributed by atoms with Gasteiger partial charge in [-0.2, -0.15) is 0 Å². The lowest BCUT2D eigenvalue weighted by molar-refractivity contribution is -0.142. The van der Waals surface area contributed by atoms with Gasteiger partial charge in [-0.3, -0.25) is 8.43 Å². The Labute approximate surface area is 113 Å². The molecule has 0 atom stereocenters. The maximum Gasteiger partial charge on any atom is 0.306 e. The summed E-state index contributed by atoms with van der Waals surface area (Å²) >= 11 is 1.85. The highest BCUT2D eigenvalue weighted by Crippen LogP contribution is 2.28. The third-order valence-corrected chi connectivity index (χ3v) is 13.2. The molecule has 0 rings (SSSR count). The molecule has 0 aliphatic carbocycles. The Morgan fingerprint density at radius 3 is 1.94 bits per heavy atom. The van der Waals surface area contributed by atoms with Crippen molar-refractivity contribution in [2.75, 3.05) is 12.4 Å². The molecule has 0 aliphatic heterocycles. The third-order valence-electron chi connectivity index (χ3n) is 2.05. The van der Waals surface area contributed by atoms with Crippen LogP contribution in [0.15, 0.2) is 0 Å². The van der Waals surface area contributed by atoms with Crippen LogP contribution in [0.25, 0.3) is 0 Å². The van der Waals surface area contributed by atoms with Crippen molar-refractivity contribution in [3.05, 3.63) is 0 Å². The number of esters is 1. The normalized spacial score (nSPS) is 12.9. The van der Waals surface area contributed by atoms with Gasteiger partial charge in [0, 0.05) is 5.75 Å². The van der Waals surface area contributed by atoms with E-state index >= 15 is 0 Å². The van der Waals surface area contributed by atoms with Crippen LogP contribution in [0.1, 0.15) is 13.3 Å². The van der Waals surface area contributed by atoms with Crippen LogP contribution in [0.3, 0.4) is 0 Å². The third kappa shape index (κ3) is 7.28. The molecule has 0 amide bonds. The Morgan fingerprint density at radius 1 is 1.12 bits per heavy atom. The molecule has 102 valence electrons. The highest BCUT2D eigenvalue weighted by atomic mass is 32.2. The van der Waals surface area contributed by atoms with Gasteiger partial charge in [0.25, 0.3) is 0 Å². The lowest BCUT2D eigenvalue weighted by Gasteiger charge is -2.42. The van der Waals surface area contributed by atoms with Crippen LogP contribution in [0.2, 0.25) is 39.3 Å². The second kappa shape index (κ2) is 6.96. The summed E-state index contributed by atoms with van der Waals surface area (Å²) in [6.07, 6.45) is 0.518. The average Bonchev–Trinajstić information content (AvgIpc) is 2.08. The Bertz CT molecular complexity index is 235. The van der Waals surface area contributed by atoms with E-state index in [4.69, 9.17) is 4.74 Å². The summed E-state index contributed by atoms with van der Waals surface area (Å²) in [4.78, 5) is 11.3. The zero-order valence-electron chi connectivity index (χ0n) is 12.3. The van der Waals surface area contributed by atoms with Gasteiger partial charge >= 0.3 is 5.97 Å². The molecule has 0 saturated heterocycles. The second-order valence-electron chi connectivity index (χ2n) is 6.02. The molecule has 0 bridgehead atoms. The van der Waals surface area contributed by atoms with Gasteiger partial charge in [0.1, 0.15) is 16.5 Å². The Hall–Kier alpha value is 0.214. The Morgan fingerprint density at radius 2 is 1.59 bits per heavy atom. The SMILES string of the molecule is CCOC(=O)CCSN([Si](C)(C)C)[Si](C)(C)C. The number of carbonyl (C=O) groups is 1. The van der Waals surface area contributed by atoms with Gasteiger partial charge in [0.15, 0.2) is 0 Å². The van der Waals surface area contributed by atoms with E-state index in [2.05, 4.69) is 42.9 Å². The average molecular weight is 294 g/mol. The Kier molecular flexibility index (Phi) is 7.05. The highest BCUT2D eigenvalue weighted by molar-refractivity contribution is 7.99. The summed E-state index contributed by atoms with van der Waals surface area (Å²) < 4.78 is 7.57. The standard InChI is InChI=1S/C11H27NO2SSi2/c1-8-14-11(13)9-10-15-12(16(2,3)4)17(5,6)7/h8-10H2,1-7H3. The number of carbonyl (C=O) groups excluding carboxylic acids is 1. The quantitative estimate of drug-likeness (QED) is 0.408. The van der Waals surface area contributed by atoms with Crippen molar-refractivity contribution in [2.45, 2.75) is 52.6 Å². The van der Waals surface area contributed by atoms with Gasteiger partial charge in [-0.25, -0.2) is 0 Å². The minimum absolute atomic E-state index is 0.0777. The largest absolute Gasteiger partial charge is 0.466 e. The van der Waals surface area contributed by atoms with Crippen LogP contribution in [-0.4, -0.2) is 38.4 Å². The first-order valence-electron chi connectivity index (χ1n) is 6.18. The fourth-order valence-electron chi connectivity index (χ4n) is 1.85. The monoisotopic (exact) mass is 293 g/mol. The lowest BCUT2D eigenvalue weighted by Crippen LogP contribution is -2.55. The second-order valence-corrected chi connectivity index (χ2v) is 17.7. The molecule has 0 aromatic heterocycles. The molecule has 0 aromatic rings. The van der Waals surface area contributed by atoms with Gasteiger partial charge in [-0.15, -0.1) is 0 Å². The van der Waals surface area contributed by atoms with Crippen LogP contribution >= 0.6 is 11.9 Å². The van der Waals surface area contributed by atoms with Gasteiger partial charge in [-0.05, 0) is 6.92 Å². The summed E-state index contributed by atoms with van der Waals surface area (Å²) in [5, 5.41) is 0. The fraction of sp³-hybridized carbons (Fsp3) is 0.909. The predicted molar refractivity (Wildman–Crippen MR) is 82.2 cm³/mol. The summed E-state index contributed by atoms with van der Waals surface area (Å²) in [6.45, 7) is 16.5. The molecule has 0 saturated carbocycles. The predicted octanol–water partition coefficient (Wildman–Crippen LogP) is 3.56. The molecule has 0 unspecified atom stereocenters. The molecule has 0 spiro atoms. The molecule has 6 heteroatoms. The number of ether oxygens (including phenoxy) is 1. The molecule has 0 N–H and O–H groups in total. The van der Waals surface area contributed by atoms with E-state index in [1.165, 1.54) is 0 Å². The van der Waals surface area contributed by atoms with Crippen molar-refractivity contribution >= 4 is 34.4 Å². The van der Waals surface area contributed by atoms with Crippen LogP contribution < -0.4 is 0 Å². The van der Waals surface area contributed by atoms with Crippen molar-refractivity contribution in [3.8, 4) is 0 Å². The zero-order chi connectivity index (χ0) is 13.7. The van der Waals surface area contributed by atoms with Crippen molar-refractivity contribution < 1.29 is 9.53 Å². The summed E-state index contributed by atoms with van der Waals surface area (Å²) in [6, 6.07) is 0. The minimum atomic E-state index is -1.31. The van der Waals surface area contributed by atoms with Crippen LogP contribution in [-0.2, 0) is 9.53 Å². The van der Waals surface area contributed by atoms with Gasteiger partial charge in [-0.1, -0.05) is 51.2 Å². The topological polar surface area (TPSA) is 29.5 Å². The van der Waals surface area contributed by atoms with Crippen LogP contribution in [0.4, 0.5) is 0 Å². The van der Waals surface area contributed by atoms with E-state index in [0.717, 1.165) is 5.75 Å². The number of hydrogen-bond acceptors (Lipinski definition) is 4. The highest BCUT2D eigenvalue weighted by Gasteiger charge is 2.34. The molecule has 0 fully saturated rings. The molecule has 17 heavy (non-hydrogen) atoms. The van der Waals surface area contributed by atoms with Gasteiger partial charge in [0.2, 0.25) is 0 Å². The zero-order valence-corrected chi connectivity index (χ0v) is 15.1. The summed E-state index contributed by atoms with van der Waals surface area (Å²) in [5.74, 6) is 0.763. The first-order chi connectivity index (χ1) is 7.59. The molecule has 0 aliphatic rings. The number of nitrogens with zero attached hydrogens (tertiary/aromatic N) is 1. The van der Waals surface area contributed by atoms with E-state index in [1.54, 1.807) is 0 Å². The van der Waals surface area contributed by atoms with Crippen molar-refractivity contribution in [1.82, 2.24) is 3.64 Å². The summed E-state index contributed by atoms with van der Waals surface area (Å²) in [7, 11) is -2.61. The minimum Gasteiger partial charge on any atom is -0.466 e. The lowest BCUT2D eigenvalue weighted by atomic mass is 10.5. The molecule has 0 aromatic carbocycles. The van der Waals surface area contributed by atoms with Crippen molar-refractivity contribution in [1.29, 1.82) is 0 Å². The smallest absolute Gasteiger partial charge is 0.306 e. The van der Waals surface area contributed by atoms with Crippen LogP contribution in [0, 0.1) is 0 Å². The number of rotatable bonds is 7. The van der Waals surface area contributed by atoms with E-state index in [9.17, 15) is 4.79 Å². The number of hydrogen-bond donors (Lipinski definition) is 0. The summed E-state index contributed by atoms with van der Waals surface area (Å²) in [5.41, 5.74) is 0. The van der Waals surface area contributed by atoms with E-state index < -0.39 is 16.5 Å². The maximum absolute atomic E-state index is 11.3. The van der Waals surface area contributed by atoms with E-state index in [1.807, 2.05) is 18.9 Å². The molecular formula is C11H27NO2SSi2. The maximum atomic E-state index is 11.3. The fourth-order valence-corrected chi connectivity index (χ4v) is 14.0. The molecule has 3 nitrogen and oxygen atoms in total. The Balaban J connectivity index is 4.26. The van der Waals surface area contributed by atoms with Gasteiger partial charge in [0.05, 0.1) is 13.0 Å². The first kappa shape index (κ1) is 17.2. The molecule has 0 radical (unpaired) electrons. The van der Waals surface area contributed by atoms with Crippen molar-refractivity contribution in [2.24, 2.45) is 0 Å².